The molecule has 0 heterocycles. The normalized spacial score (nSPS) is 21.5. The SMILES string of the molecule is CCCCCCCCC1C(CCCCCC)CCC(CCCCCCCC=O)C1CCCCCCCC=O. The molecule has 0 aromatic rings. The lowest BCUT2D eigenvalue weighted by Crippen LogP contribution is -2.35. The molecule has 2 heteroatoms. The number of hydrogen-bond donors (Lipinski definition) is 0. The molecular weight excluding hydrogens is 464 g/mol. The molecule has 1 rings (SSSR count). The number of aldehydes is 2. The lowest BCUT2D eigenvalue weighted by molar-refractivity contribution is -0.108. The average molecular weight is 533 g/mol. The smallest absolute Gasteiger partial charge is 0.119 e. The van der Waals surface area contributed by atoms with E-state index in [0.29, 0.717) is 0 Å². The molecule has 1 aliphatic rings. The topological polar surface area (TPSA) is 34.1 Å². The van der Waals surface area contributed by atoms with Crippen molar-refractivity contribution in [3.05, 3.63) is 0 Å². The van der Waals surface area contributed by atoms with Crippen LogP contribution in [0.2, 0.25) is 0 Å². The van der Waals surface area contributed by atoms with Gasteiger partial charge < -0.3 is 9.59 Å². The Morgan fingerprint density at radius 2 is 0.737 bits per heavy atom. The van der Waals surface area contributed by atoms with Gasteiger partial charge in [0, 0.05) is 12.8 Å². The lowest BCUT2D eigenvalue weighted by atomic mass is 9.61. The van der Waals surface area contributed by atoms with E-state index in [1.54, 1.807) is 0 Å². The second-order valence-corrected chi connectivity index (χ2v) is 12.9. The van der Waals surface area contributed by atoms with Gasteiger partial charge in [-0.3, -0.25) is 0 Å². The van der Waals surface area contributed by atoms with E-state index in [-0.39, 0.29) is 0 Å². The summed E-state index contributed by atoms with van der Waals surface area (Å²) in [6.45, 7) is 4.66. The van der Waals surface area contributed by atoms with E-state index in [1.165, 1.54) is 154 Å². The fourth-order valence-corrected chi connectivity index (χ4v) is 7.47. The third kappa shape index (κ3) is 17.8. The van der Waals surface area contributed by atoms with Crippen molar-refractivity contribution in [1.82, 2.24) is 0 Å². The maximum absolute atomic E-state index is 10.6. The first-order valence-corrected chi connectivity index (χ1v) is 17.7. The first kappa shape index (κ1) is 35.4. The van der Waals surface area contributed by atoms with E-state index in [4.69, 9.17) is 0 Å². The van der Waals surface area contributed by atoms with Crippen molar-refractivity contribution in [1.29, 1.82) is 0 Å². The van der Waals surface area contributed by atoms with Crippen LogP contribution >= 0.6 is 0 Å². The highest BCUT2D eigenvalue weighted by Crippen LogP contribution is 2.47. The van der Waals surface area contributed by atoms with E-state index in [9.17, 15) is 9.59 Å². The predicted molar refractivity (Wildman–Crippen MR) is 167 cm³/mol. The minimum absolute atomic E-state index is 0.750. The highest BCUT2D eigenvalue weighted by atomic mass is 16.1. The molecule has 0 spiro atoms. The summed E-state index contributed by atoms with van der Waals surface area (Å²) in [7, 11) is 0. The number of rotatable bonds is 28. The summed E-state index contributed by atoms with van der Waals surface area (Å²) in [6.07, 6.45) is 39.6. The van der Waals surface area contributed by atoms with Gasteiger partial charge in [0.05, 0.1) is 0 Å². The van der Waals surface area contributed by atoms with E-state index < -0.39 is 0 Å². The van der Waals surface area contributed by atoms with Gasteiger partial charge in [0.1, 0.15) is 12.6 Å². The van der Waals surface area contributed by atoms with Gasteiger partial charge in [-0.15, -0.1) is 0 Å². The first-order chi connectivity index (χ1) is 18.8. The van der Waals surface area contributed by atoms with Crippen molar-refractivity contribution in [3.8, 4) is 0 Å². The van der Waals surface area contributed by atoms with Gasteiger partial charge in [0.15, 0.2) is 0 Å². The van der Waals surface area contributed by atoms with E-state index in [1.807, 2.05) is 0 Å². The molecule has 0 aliphatic heterocycles. The van der Waals surface area contributed by atoms with Crippen molar-refractivity contribution < 1.29 is 9.59 Å². The molecule has 0 N–H and O–H groups in total. The molecule has 4 atom stereocenters. The Kier molecular flexibility index (Phi) is 24.7. The number of carbonyl (C=O) groups excluding carboxylic acids is 2. The molecule has 38 heavy (non-hydrogen) atoms. The Balaban J connectivity index is 2.71. The fourth-order valence-electron chi connectivity index (χ4n) is 7.47. The van der Waals surface area contributed by atoms with Gasteiger partial charge in [-0.25, -0.2) is 0 Å². The molecule has 0 saturated heterocycles. The highest BCUT2D eigenvalue weighted by Gasteiger charge is 2.37. The van der Waals surface area contributed by atoms with Crippen LogP contribution in [0.3, 0.4) is 0 Å². The second kappa shape index (κ2) is 26.6. The highest BCUT2D eigenvalue weighted by molar-refractivity contribution is 5.49. The molecule has 1 saturated carbocycles. The number of unbranched alkanes of at least 4 members (excludes halogenated alkanes) is 18. The molecule has 1 fully saturated rings. The minimum atomic E-state index is 0.750. The van der Waals surface area contributed by atoms with Crippen molar-refractivity contribution in [2.24, 2.45) is 23.7 Å². The minimum Gasteiger partial charge on any atom is -0.303 e. The van der Waals surface area contributed by atoms with Gasteiger partial charge in [-0.1, -0.05) is 142 Å². The van der Waals surface area contributed by atoms with Gasteiger partial charge in [0.2, 0.25) is 0 Å². The van der Waals surface area contributed by atoms with Crippen LogP contribution in [0.15, 0.2) is 0 Å². The molecule has 0 bridgehead atoms. The Morgan fingerprint density at radius 3 is 1.13 bits per heavy atom. The Bertz CT molecular complexity index is 515. The molecule has 0 aromatic carbocycles. The van der Waals surface area contributed by atoms with Crippen molar-refractivity contribution in [2.45, 2.75) is 194 Å². The predicted octanol–water partition coefficient (Wildman–Crippen LogP) is 11.8. The van der Waals surface area contributed by atoms with Crippen LogP contribution in [-0.4, -0.2) is 12.6 Å². The van der Waals surface area contributed by atoms with E-state index >= 15 is 0 Å². The number of hydrogen-bond acceptors (Lipinski definition) is 2. The molecule has 2 nitrogen and oxygen atoms in total. The van der Waals surface area contributed by atoms with Crippen molar-refractivity contribution >= 4 is 12.6 Å². The quantitative estimate of drug-likeness (QED) is 0.0741. The molecule has 4 unspecified atom stereocenters. The molecule has 1 aliphatic carbocycles. The maximum Gasteiger partial charge on any atom is 0.119 e. The summed E-state index contributed by atoms with van der Waals surface area (Å²) in [5.41, 5.74) is 0. The maximum atomic E-state index is 10.6. The third-order valence-electron chi connectivity index (χ3n) is 9.74. The monoisotopic (exact) mass is 533 g/mol. The van der Waals surface area contributed by atoms with Crippen LogP contribution in [0.1, 0.15) is 194 Å². The Labute approximate surface area is 239 Å². The standard InChI is InChI=1S/C36H68O2/c1-3-5-7-9-15-21-27-35-33(25-19-8-6-4-2)29-30-34(26-20-14-10-12-17-23-31-37)36(35)28-22-16-11-13-18-24-32-38/h31-36H,3-30H2,1-2H3. The molecular formula is C36H68O2. The molecule has 0 amide bonds. The molecule has 0 radical (unpaired) electrons. The van der Waals surface area contributed by atoms with Crippen LogP contribution in [0.4, 0.5) is 0 Å². The lowest BCUT2D eigenvalue weighted by Gasteiger charge is -2.44. The summed E-state index contributed by atoms with van der Waals surface area (Å²) in [5.74, 6) is 3.88. The van der Waals surface area contributed by atoms with Crippen LogP contribution in [-0.2, 0) is 9.59 Å². The van der Waals surface area contributed by atoms with Crippen LogP contribution < -0.4 is 0 Å². The van der Waals surface area contributed by atoms with Gasteiger partial charge in [-0.05, 0) is 62.2 Å². The van der Waals surface area contributed by atoms with Crippen LogP contribution in [0.25, 0.3) is 0 Å². The molecule has 224 valence electrons. The first-order valence-electron chi connectivity index (χ1n) is 17.7. The average Bonchev–Trinajstić information content (AvgIpc) is 2.93. The molecule has 0 aromatic heterocycles. The fraction of sp³-hybridized carbons (Fsp3) is 0.944. The zero-order valence-electron chi connectivity index (χ0n) is 26.1. The third-order valence-corrected chi connectivity index (χ3v) is 9.74. The van der Waals surface area contributed by atoms with Crippen molar-refractivity contribution in [2.75, 3.05) is 0 Å². The van der Waals surface area contributed by atoms with Gasteiger partial charge in [0.25, 0.3) is 0 Å². The summed E-state index contributed by atoms with van der Waals surface area (Å²) in [6, 6.07) is 0. The second-order valence-electron chi connectivity index (χ2n) is 12.9. The largest absolute Gasteiger partial charge is 0.303 e. The zero-order valence-corrected chi connectivity index (χ0v) is 26.1. The number of carbonyl (C=O) groups is 2. The van der Waals surface area contributed by atoms with E-state index in [0.717, 1.165) is 61.9 Å². The van der Waals surface area contributed by atoms with Gasteiger partial charge in [-0.2, -0.15) is 0 Å². The Morgan fingerprint density at radius 1 is 0.421 bits per heavy atom. The summed E-state index contributed by atoms with van der Waals surface area (Å²) >= 11 is 0. The van der Waals surface area contributed by atoms with Crippen LogP contribution in [0, 0.1) is 23.7 Å². The van der Waals surface area contributed by atoms with Crippen LogP contribution in [0.5, 0.6) is 0 Å². The van der Waals surface area contributed by atoms with E-state index in [2.05, 4.69) is 13.8 Å². The summed E-state index contributed by atoms with van der Waals surface area (Å²) in [5, 5.41) is 0. The Hall–Kier alpha value is -0.660. The van der Waals surface area contributed by atoms with Gasteiger partial charge >= 0.3 is 0 Å². The van der Waals surface area contributed by atoms with Crippen molar-refractivity contribution in [3.63, 3.8) is 0 Å². The summed E-state index contributed by atoms with van der Waals surface area (Å²) < 4.78 is 0. The summed E-state index contributed by atoms with van der Waals surface area (Å²) in [4.78, 5) is 21.2. The zero-order chi connectivity index (χ0) is 27.5.